The highest BCUT2D eigenvalue weighted by Gasteiger charge is 2.21. The fraction of sp³-hybridized carbons (Fsp3) is 0.500. The number of methoxy groups -OCH3 is 1. The van der Waals surface area contributed by atoms with Crippen LogP contribution in [0.5, 0.6) is 5.75 Å². The van der Waals surface area contributed by atoms with E-state index in [4.69, 9.17) is 13.9 Å². The number of carbonyl (C=O) groups is 1. The van der Waals surface area contributed by atoms with Gasteiger partial charge >= 0.3 is 0 Å². The predicted molar refractivity (Wildman–Crippen MR) is 91.7 cm³/mol. The topological polar surface area (TPSA) is 63.9 Å². The first-order valence-electron chi connectivity index (χ1n) is 8.26. The highest BCUT2D eigenvalue weighted by molar-refractivity contribution is 5.99. The van der Waals surface area contributed by atoms with E-state index in [1.807, 2.05) is 32.0 Å². The van der Waals surface area contributed by atoms with Crippen LogP contribution in [0.15, 0.2) is 22.6 Å². The lowest BCUT2D eigenvalue weighted by molar-refractivity contribution is 0.0341. The lowest BCUT2D eigenvalue weighted by Crippen LogP contribution is -2.46. The Morgan fingerprint density at radius 1 is 1.38 bits per heavy atom. The molecule has 1 aliphatic heterocycles. The standard InChI is InChI=1S/C18H24N2O4/c1-12(11-20-6-8-23-9-7-20)19-18(21)17-13(2)15-10-14(22-3)4-5-16(15)24-17/h4-5,10,12H,6-9,11H2,1-3H3,(H,19,21)/t12-/m0/s1. The van der Waals surface area contributed by atoms with Gasteiger partial charge in [-0.1, -0.05) is 0 Å². The summed E-state index contributed by atoms with van der Waals surface area (Å²) in [6.07, 6.45) is 0. The molecule has 1 aromatic carbocycles. The van der Waals surface area contributed by atoms with E-state index in [1.54, 1.807) is 7.11 Å². The van der Waals surface area contributed by atoms with Gasteiger partial charge in [-0.3, -0.25) is 9.69 Å². The number of amides is 1. The van der Waals surface area contributed by atoms with Crippen molar-refractivity contribution in [2.24, 2.45) is 0 Å². The molecule has 0 bridgehead atoms. The SMILES string of the molecule is COc1ccc2oc(C(=O)N[C@@H](C)CN3CCOCC3)c(C)c2c1. The van der Waals surface area contributed by atoms with Gasteiger partial charge < -0.3 is 19.2 Å². The van der Waals surface area contributed by atoms with Gasteiger partial charge in [-0.2, -0.15) is 0 Å². The van der Waals surface area contributed by atoms with Crippen LogP contribution in [0.25, 0.3) is 11.0 Å². The largest absolute Gasteiger partial charge is 0.497 e. The Morgan fingerprint density at radius 2 is 2.12 bits per heavy atom. The average Bonchev–Trinajstić information content (AvgIpc) is 2.92. The minimum Gasteiger partial charge on any atom is -0.497 e. The van der Waals surface area contributed by atoms with Crippen molar-refractivity contribution >= 4 is 16.9 Å². The number of fused-ring (bicyclic) bond motifs is 1. The molecule has 130 valence electrons. The molecule has 1 amide bonds. The number of ether oxygens (including phenoxy) is 2. The van der Waals surface area contributed by atoms with Crippen molar-refractivity contribution in [2.75, 3.05) is 40.0 Å². The molecular weight excluding hydrogens is 308 g/mol. The van der Waals surface area contributed by atoms with E-state index in [9.17, 15) is 4.79 Å². The summed E-state index contributed by atoms with van der Waals surface area (Å²) in [5.74, 6) is 0.939. The summed E-state index contributed by atoms with van der Waals surface area (Å²) < 4.78 is 16.3. The van der Waals surface area contributed by atoms with E-state index in [-0.39, 0.29) is 11.9 Å². The maximum absolute atomic E-state index is 12.6. The van der Waals surface area contributed by atoms with Gasteiger partial charge in [-0.25, -0.2) is 0 Å². The molecule has 6 heteroatoms. The molecule has 0 spiro atoms. The molecule has 6 nitrogen and oxygen atoms in total. The van der Waals surface area contributed by atoms with Crippen molar-refractivity contribution in [3.63, 3.8) is 0 Å². The van der Waals surface area contributed by atoms with E-state index in [2.05, 4.69) is 10.2 Å². The Balaban J connectivity index is 1.70. The first kappa shape index (κ1) is 16.8. The van der Waals surface area contributed by atoms with Gasteiger partial charge in [-0.05, 0) is 32.0 Å². The number of hydrogen-bond donors (Lipinski definition) is 1. The molecule has 2 aromatic rings. The minimum absolute atomic E-state index is 0.0396. The zero-order chi connectivity index (χ0) is 17.1. The Morgan fingerprint density at radius 3 is 2.83 bits per heavy atom. The van der Waals surface area contributed by atoms with Crippen LogP contribution in [0, 0.1) is 6.92 Å². The lowest BCUT2D eigenvalue weighted by atomic mass is 10.1. The summed E-state index contributed by atoms with van der Waals surface area (Å²) in [4.78, 5) is 14.9. The second-order valence-electron chi connectivity index (χ2n) is 6.21. The van der Waals surface area contributed by atoms with Crippen molar-refractivity contribution in [3.05, 3.63) is 29.5 Å². The van der Waals surface area contributed by atoms with Gasteiger partial charge in [0.25, 0.3) is 5.91 Å². The third-order valence-electron chi connectivity index (χ3n) is 4.36. The number of morpholine rings is 1. The van der Waals surface area contributed by atoms with Gasteiger partial charge in [0, 0.05) is 36.6 Å². The van der Waals surface area contributed by atoms with E-state index in [0.717, 1.165) is 49.5 Å². The van der Waals surface area contributed by atoms with Crippen LogP contribution in [0.3, 0.4) is 0 Å². The normalized spacial score (nSPS) is 17.0. The Labute approximate surface area is 141 Å². The summed E-state index contributed by atoms with van der Waals surface area (Å²) in [5, 5.41) is 3.93. The maximum atomic E-state index is 12.6. The van der Waals surface area contributed by atoms with Crippen LogP contribution < -0.4 is 10.1 Å². The van der Waals surface area contributed by atoms with Crippen LogP contribution in [-0.2, 0) is 4.74 Å². The van der Waals surface area contributed by atoms with E-state index < -0.39 is 0 Å². The van der Waals surface area contributed by atoms with Crippen molar-refractivity contribution in [2.45, 2.75) is 19.9 Å². The van der Waals surface area contributed by atoms with Gasteiger partial charge in [0.05, 0.1) is 20.3 Å². The zero-order valence-electron chi connectivity index (χ0n) is 14.4. The molecule has 1 aliphatic rings. The number of nitrogens with one attached hydrogen (secondary N) is 1. The molecule has 0 radical (unpaired) electrons. The molecule has 1 saturated heterocycles. The summed E-state index contributed by atoms with van der Waals surface area (Å²) in [6, 6.07) is 5.59. The molecule has 0 saturated carbocycles. The maximum Gasteiger partial charge on any atom is 0.287 e. The van der Waals surface area contributed by atoms with Crippen molar-refractivity contribution in [1.29, 1.82) is 0 Å². The Kier molecular flexibility index (Phi) is 5.06. The van der Waals surface area contributed by atoms with Gasteiger partial charge in [0.2, 0.25) is 0 Å². The van der Waals surface area contributed by atoms with Crippen LogP contribution in [0.2, 0.25) is 0 Å². The van der Waals surface area contributed by atoms with E-state index in [0.29, 0.717) is 11.3 Å². The first-order chi connectivity index (χ1) is 11.6. The quantitative estimate of drug-likeness (QED) is 0.909. The van der Waals surface area contributed by atoms with Crippen LogP contribution in [-0.4, -0.2) is 56.8 Å². The molecule has 3 rings (SSSR count). The van der Waals surface area contributed by atoms with Crippen LogP contribution in [0.1, 0.15) is 23.0 Å². The molecule has 1 fully saturated rings. The highest BCUT2D eigenvalue weighted by Crippen LogP contribution is 2.28. The number of carbonyl (C=O) groups excluding carboxylic acids is 1. The summed E-state index contributed by atoms with van der Waals surface area (Å²) in [5.41, 5.74) is 1.53. The smallest absolute Gasteiger partial charge is 0.287 e. The predicted octanol–water partition coefficient (Wildman–Crippen LogP) is 2.20. The molecule has 1 N–H and O–H groups in total. The Bertz CT molecular complexity index is 719. The lowest BCUT2D eigenvalue weighted by Gasteiger charge is -2.29. The summed E-state index contributed by atoms with van der Waals surface area (Å²) in [6.45, 7) is 8.03. The molecule has 1 atom stereocenters. The molecule has 0 unspecified atom stereocenters. The third-order valence-corrected chi connectivity index (χ3v) is 4.36. The van der Waals surface area contributed by atoms with E-state index >= 15 is 0 Å². The van der Waals surface area contributed by atoms with Crippen molar-refractivity contribution in [1.82, 2.24) is 10.2 Å². The zero-order valence-corrected chi connectivity index (χ0v) is 14.4. The second-order valence-corrected chi connectivity index (χ2v) is 6.21. The van der Waals surface area contributed by atoms with Gasteiger partial charge in [-0.15, -0.1) is 0 Å². The second kappa shape index (κ2) is 7.23. The fourth-order valence-electron chi connectivity index (χ4n) is 3.05. The van der Waals surface area contributed by atoms with Gasteiger partial charge in [0.15, 0.2) is 5.76 Å². The number of rotatable bonds is 5. The number of nitrogens with zero attached hydrogens (tertiary/aromatic N) is 1. The first-order valence-corrected chi connectivity index (χ1v) is 8.26. The number of furan rings is 1. The molecular formula is C18H24N2O4. The number of aryl methyl sites for hydroxylation is 1. The number of benzene rings is 1. The average molecular weight is 332 g/mol. The van der Waals surface area contributed by atoms with E-state index in [1.165, 1.54) is 0 Å². The molecule has 2 heterocycles. The summed E-state index contributed by atoms with van der Waals surface area (Å²) in [7, 11) is 1.62. The number of hydrogen-bond acceptors (Lipinski definition) is 5. The van der Waals surface area contributed by atoms with Crippen molar-refractivity contribution < 1.29 is 18.7 Å². The Hall–Kier alpha value is -2.05. The molecule has 1 aromatic heterocycles. The van der Waals surface area contributed by atoms with Gasteiger partial charge in [0.1, 0.15) is 11.3 Å². The summed E-state index contributed by atoms with van der Waals surface area (Å²) >= 11 is 0. The molecule has 24 heavy (non-hydrogen) atoms. The van der Waals surface area contributed by atoms with Crippen molar-refractivity contribution in [3.8, 4) is 5.75 Å². The monoisotopic (exact) mass is 332 g/mol. The highest BCUT2D eigenvalue weighted by atomic mass is 16.5. The fourth-order valence-corrected chi connectivity index (χ4v) is 3.05. The van der Waals surface area contributed by atoms with Crippen LogP contribution >= 0.6 is 0 Å². The van der Waals surface area contributed by atoms with Crippen LogP contribution in [0.4, 0.5) is 0 Å². The minimum atomic E-state index is -0.177. The third kappa shape index (κ3) is 3.55. The molecule has 0 aliphatic carbocycles.